The van der Waals surface area contributed by atoms with Crippen LogP contribution in [0.15, 0.2) is 22.3 Å². The molecule has 0 unspecified atom stereocenters. The van der Waals surface area contributed by atoms with E-state index < -0.39 is 0 Å². The Balaban J connectivity index is 1.86. The van der Waals surface area contributed by atoms with Gasteiger partial charge in [-0.05, 0) is 25.0 Å². The molecule has 0 aromatic carbocycles. The lowest BCUT2D eigenvalue weighted by atomic mass is 10.1. The number of rotatable bonds is 7. The molecule has 1 N–H and O–H groups in total. The van der Waals surface area contributed by atoms with Gasteiger partial charge in [-0.3, -0.25) is 0 Å². The summed E-state index contributed by atoms with van der Waals surface area (Å²) in [5.41, 5.74) is 2.32. The van der Waals surface area contributed by atoms with Crippen molar-refractivity contribution in [2.45, 2.75) is 26.3 Å². The third-order valence-electron chi connectivity index (χ3n) is 3.18. The molecular formula is C14H23N3O2. The van der Waals surface area contributed by atoms with Gasteiger partial charge in [0.05, 0.1) is 12.3 Å². The fourth-order valence-corrected chi connectivity index (χ4v) is 2.12. The second-order valence-corrected chi connectivity index (χ2v) is 4.79. The quantitative estimate of drug-likeness (QED) is 0.603. The second-order valence-electron chi connectivity index (χ2n) is 4.79. The summed E-state index contributed by atoms with van der Waals surface area (Å²) in [4.78, 5) is 6.67. The summed E-state index contributed by atoms with van der Waals surface area (Å²) in [5.74, 6) is 0. The van der Waals surface area contributed by atoms with Gasteiger partial charge in [0.15, 0.2) is 0 Å². The molecule has 5 heteroatoms. The highest BCUT2D eigenvalue weighted by Crippen LogP contribution is 2.19. The van der Waals surface area contributed by atoms with E-state index in [2.05, 4.69) is 28.2 Å². The van der Waals surface area contributed by atoms with Gasteiger partial charge in [0, 0.05) is 26.7 Å². The molecule has 2 heterocycles. The van der Waals surface area contributed by atoms with Crippen molar-refractivity contribution in [1.29, 1.82) is 0 Å². The molecule has 1 aliphatic rings. The van der Waals surface area contributed by atoms with Gasteiger partial charge in [-0.2, -0.15) is 4.98 Å². The number of hydrogen-bond acceptors (Lipinski definition) is 5. The zero-order valence-corrected chi connectivity index (χ0v) is 11.8. The van der Waals surface area contributed by atoms with E-state index in [1.54, 1.807) is 13.4 Å². The number of nitrogens with one attached hydrogen (secondary N) is 1. The third-order valence-corrected chi connectivity index (χ3v) is 3.18. The van der Waals surface area contributed by atoms with Gasteiger partial charge in [0.2, 0.25) is 0 Å². The number of oxazole rings is 1. The van der Waals surface area contributed by atoms with E-state index in [0.29, 0.717) is 0 Å². The highest BCUT2D eigenvalue weighted by Gasteiger charge is 2.16. The molecular weight excluding hydrogens is 242 g/mol. The summed E-state index contributed by atoms with van der Waals surface area (Å²) in [6, 6.07) is 0.723. The van der Waals surface area contributed by atoms with E-state index in [4.69, 9.17) is 9.15 Å². The Bertz CT molecular complexity index is 415. The molecule has 1 aromatic rings. The van der Waals surface area contributed by atoms with Gasteiger partial charge in [-0.25, -0.2) is 0 Å². The second kappa shape index (κ2) is 7.31. The highest BCUT2D eigenvalue weighted by atomic mass is 16.5. The molecule has 0 fully saturated rings. The number of hydrogen-bond donors (Lipinski definition) is 1. The highest BCUT2D eigenvalue weighted by molar-refractivity contribution is 5.32. The summed E-state index contributed by atoms with van der Waals surface area (Å²) in [6.07, 6.45) is 6.09. The normalized spacial score (nSPS) is 15.7. The monoisotopic (exact) mass is 265 g/mol. The van der Waals surface area contributed by atoms with Crippen LogP contribution in [0.4, 0.5) is 6.01 Å². The Morgan fingerprint density at radius 1 is 1.53 bits per heavy atom. The first kappa shape index (κ1) is 14.1. The molecule has 0 saturated heterocycles. The van der Waals surface area contributed by atoms with Crippen LogP contribution in [0.1, 0.15) is 25.5 Å². The maximum Gasteiger partial charge on any atom is 0.297 e. The van der Waals surface area contributed by atoms with Crippen LogP contribution in [0.2, 0.25) is 0 Å². The minimum absolute atomic E-state index is 0.723. The van der Waals surface area contributed by atoms with Crippen LogP contribution in [-0.4, -0.2) is 38.3 Å². The summed E-state index contributed by atoms with van der Waals surface area (Å²) in [6.45, 7) is 6.45. The zero-order chi connectivity index (χ0) is 13.5. The first-order valence-electron chi connectivity index (χ1n) is 6.90. The average molecular weight is 265 g/mol. The summed E-state index contributed by atoms with van der Waals surface area (Å²) in [5, 5.41) is 3.32. The number of methoxy groups -OCH3 is 1. The zero-order valence-electron chi connectivity index (χ0n) is 11.8. The topological polar surface area (TPSA) is 50.5 Å². The van der Waals surface area contributed by atoms with Crippen molar-refractivity contribution in [2.75, 3.05) is 38.3 Å². The molecule has 2 rings (SSSR count). The molecule has 0 spiro atoms. The van der Waals surface area contributed by atoms with E-state index in [1.165, 1.54) is 5.57 Å². The molecule has 0 saturated carbocycles. The van der Waals surface area contributed by atoms with Crippen LogP contribution >= 0.6 is 0 Å². The van der Waals surface area contributed by atoms with Crippen molar-refractivity contribution in [2.24, 2.45) is 0 Å². The van der Waals surface area contributed by atoms with E-state index in [-0.39, 0.29) is 0 Å². The van der Waals surface area contributed by atoms with E-state index in [1.807, 2.05) is 0 Å². The van der Waals surface area contributed by atoms with Crippen molar-refractivity contribution >= 4 is 6.01 Å². The summed E-state index contributed by atoms with van der Waals surface area (Å²) < 4.78 is 10.7. The fourth-order valence-electron chi connectivity index (χ4n) is 2.12. The lowest BCUT2D eigenvalue weighted by molar-refractivity contribution is 0.222. The Kier molecular flexibility index (Phi) is 5.42. The first-order chi connectivity index (χ1) is 9.33. The van der Waals surface area contributed by atoms with Crippen molar-refractivity contribution < 1.29 is 9.15 Å². The molecule has 1 aromatic heterocycles. The molecule has 106 valence electrons. The Morgan fingerprint density at radius 2 is 2.42 bits per heavy atom. The molecule has 5 nitrogen and oxygen atoms in total. The van der Waals surface area contributed by atoms with Gasteiger partial charge in [0.1, 0.15) is 6.26 Å². The van der Waals surface area contributed by atoms with Crippen LogP contribution in [0.3, 0.4) is 0 Å². The molecule has 0 amide bonds. The van der Waals surface area contributed by atoms with Gasteiger partial charge in [-0.15, -0.1) is 0 Å². The Morgan fingerprint density at radius 3 is 3.11 bits per heavy atom. The smallest absolute Gasteiger partial charge is 0.297 e. The number of aromatic nitrogens is 1. The minimum atomic E-state index is 0.723. The van der Waals surface area contributed by atoms with Crippen LogP contribution in [0.5, 0.6) is 0 Å². The Hall–Kier alpha value is -1.33. The van der Waals surface area contributed by atoms with Crippen LogP contribution in [0.25, 0.3) is 0 Å². The molecule has 1 aliphatic heterocycles. The summed E-state index contributed by atoms with van der Waals surface area (Å²) in [7, 11) is 1.73. The van der Waals surface area contributed by atoms with Gasteiger partial charge >= 0.3 is 0 Å². The largest absolute Gasteiger partial charge is 0.432 e. The van der Waals surface area contributed by atoms with E-state index in [0.717, 1.165) is 57.3 Å². The number of ether oxygens (including phenoxy) is 1. The SMILES string of the molecule is CCCNCc1coc(N2CC=C(COC)CC2)n1. The molecule has 0 atom stereocenters. The maximum absolute atomic E-state index is 5.54. The molecule has 0 aliphatic carbocycles. The van der Waals surface area contributed by atoms with Crippen LogP contribution in [-0.2, 0) is 11.3 Å². The predicted octanol–water partition coefficient (Wildman–Crippen LogP) is 1.96. The molecule has 19 heavy (non-hydrogen) atoms. The van der Waals surface area contributed by atoms with Crippen molar-refractivity contribution in [3.05, 3.63) is 23.6 Å². The fraction of sp³-hybridized carbons (Fsp3) is 0.643. The van der Waals surface area contributed by atoms with Gasteiger partial charge in [-0.1, -0.05) is 13.0 Å². The van der Waals surface area contributed by atoms with Crippen LogP contribution < -0.4 is 10.2 Å². The van der Waals surface area contributed by atoms with Gasteiger partial charge < -0.3 is 19.4 Å². The number of anilines is 1. The lowest BCUT2D eigenvalue weighted by Crippen LogP contribution is -2.29. The lowest BCUT2D eigenvalue weighted by Gasteiger charge is -2.24. The van der Waals surface area contributed by atoms with Crippen molar-refractivity contribution in [3.8, 4) is 0 Å². The van der Waals surface area contributed by atoms with E-state index >= 15 is 0 Å². The van der Waals surface area contributed by atoms with E-state index in [9.17, 15) is 0 Å². The Labute approximate surface area is 114 Å². The standard InChI is InChI=1S/C14H23N3O2/c1-3-6-15-9-13-11-19-14(16-13)17-7-4-12(5-8-17)10-18-2/h4,11,15H,3,5-10H2,1-2H3. The average Bonchev–Trinajstić information content (AvgIpc) is 2.89. The van der Waals surface area contributed by atoms with Crippen LogP contribution in [0, 0.1) is 0 Å². The van der Waals surface area contributed by atoms with Gasteiger partial charge in [0.25, 0.3) is 6.01 Å². The molecule has 0 radical (unpaired) electrons. The summed E-state index contributed by atoms with van der Waals surface area (Å²) >= 11 is 0. The maximum atomic E-state index is 5.54. The number of nitrogens with zero attached hydrogens (tertiary/aromatic N) is 2. The van der Waals surface area contributed by atoms with Crippen molar-refractivity contribution in [3.63, 3.8) is 0 Å². The minimum Gasteiger partial charge on any atom is -0.432 e. The first-order valence-corrected chi connectivity index (χ1v) is 6.90. The van der Waals surface area contributed by atoms with Crippen molar-refractivity contribution in [1.82, 2.24) is 10.3 Å². The third kappa shape index (κ3) is 4.08. The molecule has 0 bridgehead atoms. The predicted molar refractivity (Wildman–Crippen MR) is 75.3 cm³/mol.